The van der Waals surface area contributed by atoms with Gasteiger partial charge in [-0.2, -0.15) is 0 Å². The van der Waals surface area contributed by atoms with E-state index in [0.717, 1.165) is 49.1 Å². The van der Waals surface area contributed by atoms with Gasteiger partial charge in [0, 0.05) is 30.2 Å². The SMILES string of the molecule is CCN(CC)CCNCc1cc(Cl)ccc1OCc1ccc(C)cc1.Cl.Cl. The minimum atomic E-state index is 0. The molecule has 1 N–H and O–H groups in total. The second-order valence-electron chi connectivity index (χ2n) is 6.23. The van der Waals surface area contributed by atoms with Gasteiger partial charge < -0.3 is 15.0 Å². The molecule has 0 amide bonds. The van der Waals surface area contributed by atoms with Crippen LogP contribution in [0.5, 0.6) is 5.75 Å². The van der Waals surface area contributed by atoms with Crippen molar-refractivity contribution in [1.29, 1.82) is 0 Å². The van der Waals surface area contributed by atoms with Crippen molar-refractivity contribution in [2.75, 3.05) is 26.2 Å². The maximum Gasteiger partial charge on any atom is 0.124 e. The Morgan fingerprint density at radius 1 is 1.00 bits per heavy atom. The summed E-state index contributed by atoms with van der Waals surface area (Å²) in [6.07, 6.45) is 0. The minimum absolute atomic E-state index is 0. The number of rotatable bonds is 10. The number of halogens is 3. The van der Waals surface area contributed by atoms with Crippen LogP contribution in [0.4, 0.5) is 0 Å². The standard InChI is InChI=1S/C21H29ClN2O.2ClH/c1-4-24(5-2)13-12-23-15-19-14-20(22)10-11-21(19)25-16-18-8-6-17(3)7-9-18;;/h6-11,14,23H,4-5,12-13,15-16H2,1-3H3;2*1H. The predicted octanol–water partition coefficient (Wildman–Crippen LogP) is 5.50. The van der Waals surface area contributed by atoms with Gasteiger partial charge in [-0.25, -0.2) is 0 Å². The molecule has 0 bridgehead atoms. The number of aryl methyl sites for hydroxylation is 1. The third-order valence-electron chi connectivity index (χ3n) is 4.35. The van der Waals surface area contributed by atoms with E-state index >= 15 is 0 Å². The van der Waals surface area contributed by atoms with E-state index in [0.29, 0.717) is 6.61 Å². The van der Waals surface area contributed by atoms with Crippen molar-refractivity contribution in [1.82, 2.24) is 10.2 Å². The van der Waals surface area contributed by atoms with Crippen molar-refractivity contribution >= 4 is 36.4 Å². The molecule has 27 heavy (non-hydrogen) atoms. The molecule has 6 heteroatoms. The Balaban J connectivity index is 0.00000338. The van der Waals surface area contributed by atoms with E-state index in [-0.39, 0.29) is 24.8 Å². The van der Waals surface area contributed by atoms with E-state index < -0.39 is 0 Å². The molecule has 0 aliphatic rings. The van der Waals surface area contributed by atoms with E-state index in [4.69, 9.17) is 16.3 Å². The molecule has 2 aromatic carbocycles. The first-order chi connectivity index (χ1) is 12.1. The smallest absolute Gasteiger partial charge is 0.124 e. The first kappa shape index (κ1) is 26.0. The van der Waals surface area contributed by atoms with Crippen LogP contribution in [0, 0.1) is 6.92 Å². The molecular weight excluding hydrogens is 403 g/mol. The topological polar surface area (TPSA) is 24.5 Å². The van der Waals surface area contributed by atoms with Gasteiger partial charge in [-0.1, -0.05) is 55.3 Å². The summed E-state index contributed by atoms with van der Waals surface area (Å²) in [5.74, 6) is 0.889. The lowest BCUT2D eigenvalue weighted by Crippen LogP contribution is -2.31. The van der Waals surface area contributed by atoms with Gasteiger partial charge in [-0.05, 0) is 43.8 Å². The second-order valence-corrected chi connectivity index (χ2v) is 6.67. The zero-order valence-electron chi connectivity index (χ0n) is 16.3. The highest BCUT2D eigenvalue weighted by Crippen LogP contribution is 2.24. The fourth-order valence-electron chi connectivity index (χ4n) is 2.67. The molecule has 0 atom stereocenters. The number of likely N-dealkylation sites (N-methyl/N-ethyl adjacent to an activating group) is 1. The van der Waals surface area contributed by atoms with Crippen LogP contribution in [-0.4, -0.2) is 31.1 Å². The largest absolute Gasteiger partial charge is 0.489 e. The molecule has 2 rings (SSSR count). The fourth-order valence-corrected chi connectivity index (χ4v) is 2.87. The molecule has 2 aromatic rings. The monoisotopic (exact) mass is 432 g/mol. The summed E-state index contributed by atoms with van der Waals surface area (Å²) in [5.41, 5.74) is 3.52. The van der Waals surface area contributed by atoms with Crippen LogP contribution in [0.2, 0.25) is 5.02 Å². The summed E-state index contributed by atoms with van der Waals surface area (Å²) in [6.45, 7) is 12.0. The van der Waals surface area contributed by atoms with Crippen LogP contribution in [0.15, 0.2) is 42.5 Å². The van der Waals surface area contributed by atoms with Crippen molar-refractivity contribution in [3.05, 3.63) is 64.2 Å². The minimum Gasteiger partial charge on any atom is -0.489 e. The summed E-state index contributed by atoms with van der Waals surface area (Å²) < 4.78 is 6.03. The Kier molecular flexibility index (Phi) is 13.6. The van der Waals surface area contributed by atoms with Gasteiger partial charge in [0.05, 0.1) is 0 Å². The first-order valence-electron chi connectivity index (χ1n) is 9.02. The van der Waals surface area contributed by atoms with Gasteiger partial charge in [-0.15, -0.1) is 24.8 Å². The van der Waals surface area contributed by atoms with Crippen molar-refractivity contribution in [2.24, 2.45) is 0 Å². The summed E-state index contributed by atoms with van der Waals surface area (Å²) in [4.78, 5) is 2.40. The lowest BCUT2D eigenvalue weighted by atomic mass is 10.1. The maximum atomic E-state index is 6.17. The summed E-state index contributed by atoms with van der Waals surface area (Å²) in [6, 6.07) is 14.2. The Bertz CT molecular complexity index is 646. The molecule has 0 aliphatic carbocycles. The number of hydrogen-bond acceptors (Lipinski definition) is 3. The van der Waals surface area contributed by atoms with Crippen LogP contribution in [0.1, 0.15) is 30.5 Å². The zero-order chi connectivity index (χ0) is 18.1. The lowest BCUT2D eigenvalue weighted by molar-refractivity contribution is 0.296. The van der Waals surface area contributed by atoms with E-state index in [1.165, 1.54) is 11.1 Å². The normalized spacial score (nSPS) is 10.3. The van der Waals surface area contributed by atoms with Crippen LogP contribution in [0.3, 0.4) is 0 Å². The van der Waals surface area contributed by atoms with Gasteiger partial charge in [0.2, 0.25) is 0 Å². The van der Waals surface area contributed by atoms with Gasteiger partial charge in [0.1, 0.15) is 12.4 Å². The number of benzene rings is 2. The van der Waals surface area contributed by atoms with Crippen molar-refractivity contribution in [3.63, 3.8) is 0 Å². The second kappa shape index (κ2) is 14.1. The Hall–Kier alpha value is -0.970. The van der Waals surface area contributed by atoms with Gasteiger partial charge in [-0.3, -0.25) is 0 Å². The molecule has 152 valence electrons. The fraction of sp³-hybridized carbons (Fsp3) is 0.429. The highest BCUT2D eigenvalue weighted by atomic mass is 35.5. The van der Waals surface area contributed by atoms with Crippen molar-refractivity contribution < 1.29 is 4.74 Å². The molecule has 0 unspecified atom stereocenters. The van der Waals surface area contributed by atoms with Gasteiger partial charge >= 0.3 is 0 Å². The summed E-state index contributed by atoms with van der Waals surface area (Å²) in [5, 5.41) is 4.23. The predicted molar refractivity (Wildman–Crippen MR) is 121 cm³/mol. The molecule has 3 nitrogen and oxygen atoms in total. The lowest BCUT2D eigenvalue weighted by Gasteiger charge is -2.18. The third-order valence-corrected chi connectivity index (χ3v) is 4.59. The third kappa shape index (κ3) is 9.18. The summed E-state index contributed by atoms with van der Waals surface area (Å²) >= 11 is 6.17. The molecule has 0 saturated heterocycles. The highest BCUT2D eigenvalue weighted by Gasteiger charge is 2.06. The Morgan fingerprint density at radius 2 is 1.67 bits per heavy atom. The molecule has 0 radical (unpaired) electrons. The molecule has 0 fully saturated rings. The van der Waals surface area contributed by atoms with Crippen molar-refractivity contribution in [2.45, 2.75) is 33.9 Å². The Labute approximate surface area is 181 Å². The number of ether oxygens (including phenoxy) is 1. The summed E-state index contributed by atoms with van der Waals surface area (Å²) in [7, 11) is 0. The van der Waals surface area contributed by atoms with Crippen LogP contribution in [-0.2, 0) is 13.2 Å². The van der Waals surface area contributed by atoms with E-state index in [1.807, 2.05) is 18.2 Å². The van der Waals surface area contributed by atoms with Crippen LogP contribution >= 0.6 is 36.4 Å². The zero-order valence-corrected chi connectivity index (χ0v) is 18.7. The molecule has 0 spiro atoms. The molecule has 0 saturated carbocycles. The maximum absolute atomic E-state index is 6.17. The van der Waals surface area contributed by atoms with E-state index in [1.54, 1.807) is 0 Å². The first-order valence-corrected chi connectivity index (χ1v) is 9.40. The number of hydrogen-bond donors (Lipinski definition) is 1. The van der Waals surface area contributed by atoms with Crippen molar-refractivity contribution in [3.8, 4) is 5.75 Å². The number of nitrogens with one attached hydrogen (secondary N) is 1. The van der Waals surface area contributed by atoms with E-state index in [2.05, 4.69) is 55.3 Å². The molecule has 0 aliphatic heterocycles. The average Bonchev–Trinajstić information content (AvgIpc) is 2.62. The van der Waals surface area contributed by atoms with Gasteiger partial charge in [0.25, 0.3) is 0 Å². The molecular formula is C21H31Cl3N2O. The molecule has 0 heterocycles. The average molecular weight is 434 g/mol. The molecule has 0 aromatic heterocycles. The van der Waals surface area contributed by atoms with Gasteiger partial charge in [0.15, 0.2) is 0 Å². The van der Waals surface area contributed by atoms with Crippen LogP contribution < -0.4 is 10.1 Å². The Morgan fingerprint density at radius 3 is 2.30 bits per heavy atom. The number of nitrogens with zero attached hydrogens (tertiary/aromatic N) is 1. The highest BCUT2D eigenvalue weighted by molar-refractivity contribution is 6.30. The van der Waals surface area contributed by atoms with E-state index in [9.17, 15) is 0 Å². The quantitative estimate of drug-likeness (QED) is 0.500. The van der Waals surface area contributed by atoms with Crippen LogP contribution in [0.25, 0.3) is 0 Å².